The van der Waals surface area contributed by atoms with Gasteiger partial charge in [-0.2, -0.15) is 4.68 Å². The topological polar surface area (TPSA) is 69.6 Å². The van der Waals surface area contributed by atoms with Gasteiger partial charge in [0.2, 0.25) is 0 Å². The molecule has 0 atom stereocenters. The number of halogens is 1. The second kappa shape index (κ2) is 5.14. The maximum absolute atomic E-state index is 6.53. The second-order valence-corrected chi connectivity index (χ2v) is 5.97. The van der Waals surface area contributed by atoms with Crippen LogP contribution in [-0.2, 0) is 5.54 Å². The summed E-state index contributed by atoms with van der Waals surface area (Å²) in [7, 11) is 0. The number of nitrogens with two attached hydrogens (primary N) is 1. The Bertz CT molecular complexity index is 616. The van der Waals surface area contributed by atoms with Crippen molar-refractivity contribution in [1.29, 1.82) is 0 Å². The molecule has 0 unspecified atom stereocenters. The van der Waals surface area contributed by atoms with Gasteiger partial charge in [-0.3, -0.25) is 0 Å². The lowest BCUT2D eigenvalue weighted by Gasteiger charge is -2.31. The molecule has 2 N–H and O–H groups in total. The van der Waals surface area contributed by atoms with E-state index in [2.05, 4.69) is 15.5 Å². The molecule has 0 aliphatic heterocycles. The monoisotopic (exact) mass is 291 g/mol. The molecule has 20 heavy (non-hydrogen) atoms. The van der Waals surface area contributed by atoms with Crippen molar-refractivity contribution < 1.29 is 0 Å². The zero-order valence-corrected chi connectivity index (χ0v) is 12.3. The molecular weight excluding hydrogens is 274 g/mol. The minimum Gasteiger partial charge on any atom is -0.319 e. The van der Waals surface area contributed by atoms with Crippen molar-refractivity contribution in [3.63, 3.8) is 0 Å². The second-order valence-electron chi connectivity index (χ2n) is 5.56. The normalized spacial score (nSPS) is 18.1. The molecule has 1 aliphatic rings. The van der Waals surface area contributed by atoms with E-state index in [-0.39, 0.29) is 0 Å². The molecule has 1 aliphatic carbocycles. The van der Waals surface area contributed by atoms with Crippen molar-refractivity contribution in [3.05, 3.63) is 34.6 Å². The quantitative estimate of drug-likeness (QED) is 0.923. The Morgan fingerprint density at radius 2 is 2.00 bits per heavy atom. The Balaban J connectivity index is 2.03. The van der Waals surface area contributed by atoms with Crippen LogP contribution in [0.5, 0.6) is 0 Å². The molecule has 106 valence electrons. The molecule has 1 heterocycles. The summed E-state index contributed by atoms with van der Waals surface area (Å²) in [4.78, 5) is 0. The predicted octanol–water partition coefficient (Wildman–Crippen LogP) is 2.74. The van der Waals surface area contributed by atoms with Gasteiger partial charge in [-0.15, -0.1) is 5.10 Å². The number of tetrazole rings is 1. The molecule has 0 amide bonds. The van der Waals surface area contributed by atoms with E-state index < -0.39 is 5.54 Å². The first kappa shape index (κ1) is 13.5. The Hall–Kier alpha value is -1.46. The number of aryl methyl sites for hydroxylation is 1. The van der Waals surface area contributed by atoms with Crippen LogP contribution in [0, 0.1) is 6.92 Å². The zero-order valence-electron chi connectivity index (χ0n) is 11.5. The van der Waals surface area contributed by atoms with Gasteiger partial charge in [0, 0.05) is 5.02 Å². The summed E-state index contributed by atoms with van der Waals surface area (Å²) in [6, 6.07) is 5.81. The highest BCUT2D eigenvalue weighted by atomic mass is 35.5. The summed E-state index contributed by atoms with van der Waals surface area (Å²) in [6.07, 6.45) is 5.33. The molecule has 5 nitrogen and oxygen atoms in total. The van der Waals surface area contributed by atoms with Crippen LogP contribution in [0.25, 0.3) is 5.69 Å². The standard InChI is InChI=1S/C14H18ClN5/c1-10-5-6-11(9-12(10)15)20-13(17-18-19-20)14(16)7-3-2-4-8-14/h5-6,9H,2-4,7-8,16H2,1H3. The van der Waals surface area contributed by atoms with Crippen LogP contribution >= 0.6 is 11.6 Å². The van der Waals surface area contributed by atoms with Crippen molar-refractivity contribution in [2.45, 2.75) is 44.6 Å². The van der Waals surface area contributed by atoms with Gasteiger partial charge in [0.15, 0.2) is 5.82 Å². The van der Waals surface area contributed by atoms with Crippen LogP contribution in [-0.4, -0.2) is 20.2 Å². The third-order valence-corrected chi connectivity index (χ3v) is 4.47. The molecular formula is C14H18ClN5. The van der Waals surface area contributed by atoms with Crippen LogP contribution < -0.4 is 5.73 Å². The maximum Gasteiger partial charge on any atom is 0.176 e. The minimum atomic E-state index is -0.431. The van der Waals surface area contributed by atoms with Crippen LogP contribution in [0.1, 0.15) is 43.5 Å². The summed E-state index contributed by atoms with van der Waals surface area (Å²) >= 11 is 6.19. The van der Waals surface area contributed by atoms with Crippen LogP contribution in [0.2, 0.25) is 5.02 Å². The van der Waals surface area contributed by atoms with Gasteiger partial charge in [-0.1, -0.05) is 36.9 Å². The van der Waals surface area contributed by atoms with Crippen LogP contribution in [0.3, 0.4) is 0 Å². The Labute approximate surface area is 123 Å². The first-order valence-corrected chi connectivity index (χ1v) is 7.32. The van der Waals surface area contributed by atoms with E-state index in [1.807, 2.05) is 25.1 Å². The molecule has 0 bridgehead atoms. The highest BCUT2D eigenvalue weighted by Crippen LogP contribution is 2.34. The maximum atomic E-state index is 6.53. The third-order valence-electron chi connectivity index (χ3n) is 4.06. The predicted molar refractivity (Wildman–Crippen MR) is 77.9 cm³/mol. The van der Waals surface area contributed by atoms with Crippen molar-refractivity contribution in [3.8, 4) is 5.69 Å². The first-order chi connectivity index (χ1) is 9.60. The first-order valence-electron chi connectivity index (χ1n) is 6.94. The largest absolute Gasteiger partial charge is 0.319 e. The molecule has 3 rings (SSSR count). The van der Waals surface area contributed by atoms with Gasteiger partial charge in [-0.25, -0.2) is 0 Å². The number of benzene rings is 1. The summed E-state index contributed by atoms with van der Waals surface area (Å²) in [5.41, 5.74) is 7.99. The molecule has 0 radical (unpaired) electrons. The SMILES string of the molecule is Cc1ccc(-n2nnnc2C2(N)CCCCC2)cc1Cl. The molecule has 0 saturated heterocycles. The average molecular weight is 292 g/mol. The van der Waals surface area contributed by atoms with Gasteiger partial charge < -0.3 is 5.73 Å². The van der Waals surface area contributed by atoms with E-state index in [0.29, 0.717) is 5.02 Å². The van der Waals surface area contributed by atoms with Crippen molar-refractivity contribution in [2.75, 3.05) is 0 Å². The lowest BCUT2D eigenvalue weighted by Crippen LogP contribution is -2.41. The van der Waals surface area contributed by atoms with Gasteiger partial charge in [0.25, 0.3) is 0 Å². The molecule has 1 saturated carbocycles. The molecule has 1 fully saturated rings. The van der Waals surface area contributed by atoms with Gasteiger partial charge in [-0.05, 0) is 47.9 Å². The number of aromatic nitrogens is 4. The van der Waals surface area contributed by atoms with Crippen molar-refractivity contribution >= 4 is 11.6 Å². The molecule has 1 aromatic heterocycles. The lowest BCUT2D eigenvalue weighted by atomic mass is 9.82. The van der Waals surface area contributed by atoms with E-state index in [4.69, 9.17) is 17.3 Å². The van der Waals surface area contributed by atoms with Crippen LogP contribution in [0.15, 0.2) is 18.2 Å². The van der Waals surface area contributed by atoms with E-state index in [1.165, 1.54) is 6.42 Å². The summed E-state index contributed by atoms with van der Waals surface area (Å²) in [5.74, 6) is 0.733. The molecule has 1 aromatic carbocycles. The summed E-state index contributed by atoms with van der Waals surface area (Å²) in [6.45, 7) is 1.97. The number of hydrogen-bond acceptors (Lipinski definition) is 4. The fourth-order valence-corrected chi connectivity index (χ4v) is 2.97. The third kappa shape index (κ3) is 2.31. The fraction of sp³-hybridized carbons (Fsp3) is 0.500. The van der Waals surface area contributed by atoms with E-state index >= 15 is 0 Å². The van der Waals surface area contributed by atoms with Gasteiger partial charge in [0.1, 0.15) is 0 Å². The zero-order chi connectivity index (χ0) is 14.2. The van der Waals surface area contributed by atoms with E-state index in [9.17, 15) is 0 Å². The molecule has 6 heteroatoms. The van der Waals surface area contributed by atoms with Crippen molar-refractivity contribution in [2.24, 2.45) is 5.73 Å². The highest BCUT2D eigenvalue weighted by molar-refractivity contribution is 6.31. The molecule has 2 aromatic rings. The average Bonchev–Trinajstić information content (AvgIpc) is 2.93. The smallest absolute Gasteiger partial charge is 0.176 e. The van der Waals surface area contributed by atoms with Gasteiger partial charge in [0.05, 0.1) is 11.2 Å². The Kier molecular flexibility index (Phi) is 3.48. The van der Waals surface area contributed by atoms with E-state index in [0.717, 1.165) is 42.8 Å². The van der Waals surface area contributed by atoms with Gasteiger partial charge >= 0.3 is 0 Å². The highest BCUT2D eigenvalue weighted by Gasteiger charge is 2.35. The Morgan fingerprint density at radius 1 is 1.25 bits per heavy atom. The lowest BCUT2D eigenvalue weighted by molar-refractivity contribution is 0.282. The Morgan fingerprint density at radius 3 is 2.70 bits per heavy atom. The van der Waals surface area contributed by atoms with Crippen molar-refractivity contribution in [1.82, 2.24) is 20.2 Å². The van der Waals surface area contributed by atoms with Crippen LogP contribution in [0.4, 0.5) is 0 Å². The molecule has 0 spiro atoms. The number of hydrogen-bond donors (Lipinski definition) is 1. The summed E-state index contributed by atoms with van der Waals surface area (Å²) in [5, 5.41) is 12.8. The number of rotatable bonds is 2. The fourth-order valence-electron chi connectivity index (χ4n) is 2.79. The minimum absolute atomic E-state index is 0.431. The van der Waals surface area contributed by atoms with E-state index in [1.54, 1.807) is 4.68 Å². The summed E-state index contributed by atoms with van der Waals surface area (Å²) < 4.78 is 1.72. The number of nitrogens with zero attached hydrogens (tertiary/aromatic N) is 4.